The predicted octanol–water partition coefficient (Wildman–Crippen LogP) is 5.90. The Bertz CT molecular complexity index is 2030. The highest BCUT2D eigenvalue weighted by Gasteiger charge is 2.41. The fourth-order valence-electron chi connectivity index (χ4n) is 9.21. The minimum absolute atomic E-state index is 0.00263. The number of carbonyl (C=O) groups excluding carboxylic acids is 3. The molecule has 0 spiro atoms. The second-order valence-electron chi connectivity index (χ2n) is 17.2. The summed E-state index contributed by atoms with van der Waals surface area (Å²) in [7, 11) is 2.99. The Kier molecular flexibility index (Phi) is 13.5. The van der Waals surface area contributed by atoms with Crippen molar-refractivity contribution in [1.29, 1.82) is 0 Å². The number of hydrogen-bond acceptors (Lipinski definition) is 10. The maximum Gasteiger partial charge on any atom is 0.407 e. The monoisotopic (exact) mass is 810 g/mol. The maximum absolute atomic E-state index is 13.7. The summed E-state index contributed by atoms with van der Waals surface area (Å²) >= 11 is 0. The molecule has 1 aromatic carbocycles. The molecule has 7 unspecified atom stereocenters. The van der Waals surface area contributed by atoms with Crippen LogP contribution in [0.4, 0.5) is 4.79 Å². The number of hydrogen-bond donors (Lipinski definition) is 3. The summed E-state index contributed by atoms with van der Waals surface area (Å²) in [6, 6.07) is 4.95. The van der Waals surface area contributed by atoms with Crippen LogP contribution in [0.5, 0.6) is 0 Å². The number of benzene rings is 1. The number of aromatic nitrogens is 2. The van der Waals surface area contributed by atoms with Crippen LogP contribution in [0, 0.1) is 17.8 Å². The van der Waals surface area contributed by atoms with E-state index >= 15 is 0 Å². The minimum atomic E-state index is -0.681. The predicted molar refractivity (Wildman–Crippen MR) is 229 cm³/mol. The summed E-state index contributed by atoms with van der Waals surface area (Å²) in [5.41, 5.74) is 14.0. The average molecular weight is 811 g/mol. The fraction of sp³-hybridized carbons (Fsp3) is 0.600. The smallest absolute Gasteiger partial charge is 0.407 e. The number of carbonyl (C=O) groups is 3. The molecule has 5 aliphatic rings. The molecule has 0 radical (unpaired) electrons. The third-order valence-corrected chi connectivity index (χ3v) is 12.7. The molecule has 2 aromatic rings. The molecular weight excluding hydrogens is 749 g/mol. The maximum atomic E-state index is 13.7. The van der Waals surface area contributed by atoms with Crippen molar-refractivity contribution in [1.82, 2.24) is 25.1 Å². The van der Waals surface area contributed by atoms with Crippen LogP contribution in [-0.4, -0.2) is 121 Å². The summed E-state index contributed by atoms with van der Waals surface area (Å²) in [4.78, 5) is 61.1. The number of likely N-dealkylation sites (tertiary alicyclic amines) is 2. The SMILES string of the molecule is COCCOC1CC(C2=NC(C3CCCN3C(=O)C(NC(=O)OC)C(C)C)N=C2)CC=C1C1=CC=C(c2ccc3nc(C4CCCN4C(=O)C(N)C(C)C)[nH]c3c2)CC1. The largest absolute Gasteiger partial charge is 0.453 e. The lowest BCUT2D eigenvalue weighted by Crippen LogP contribution is -2.54. The van der Waals surface area contributed by atoms with E-state index < -0.39 is 18.2 Å². The number of amides is 3. The molecule has 2 aliphatic carbocycles. The van der Waals surface area contributed by atoms with Gasteiger partial charge >= 0.3 is 6.09 Å². The zero-order valence-electron chi connectivity index (χ0n) is 35.5. The number of methoxy groups -OCH3 is 2. The highest BCUT2D eigenvalue weighted by atomic mass is 16.5. The van der Waals surface area contributed by atoms with Crippen molar-refractivity contribution in [3.63, 3.8) is 0 Å². The zero-order chi connectivity index (χ0) is 41.8. The number of H-pyrrole nitrogens is 1. The molecule has 4 N–H and O–H groups in total. The Labute approximate surface area is 347 Å². The van der Waals surface area contributed by atoms with E-state index in [0.29, 0.717) is 26.3 Å². The van der Waals surface area contributed by atoms with E-state index in [1.54, 1.807) is 7.11 Å². The van der Waals surface area contributed by atoms with Crippen LogP contribution in [-0.2, 0) is 23.8 Å². The van der Waals surface area contributed by atoms with Gasteiger partial charge in [-0.05, 0) is 97.6 Å². The van der Waals surface area contributed by atoms with Crippen molar-refractivity contribution in [2.45, 2.75) is 115 Å². The molecule has 3 amide bonds. The number of fused-ring (bicyclic) bond motifs is 1. The second kappa shape index (κ2) is 18.7. The summed E-state index contributed by atoms with van der Waals surface area (Å²) in [6.45, 7) is 10.1. The van der Waals surface area contributed by atoms with E-state index in [1.807, 2.05) is 43.7 Å². The molecule has 2 saturated heterocycles. The van der Waals surface area contributed by atoms with Crippen molar-refractivity contribution in [3.05, 3.63) is 59.0 Å². The Balaban J connectivity index is 1.04. The van der Waals surface area contributed by atoms with Crippen molar-refractivity contribution >= 4 is 46.4 Å². The number of nitrogens with zero attached hydrogens (tertiary/aromatic N) is 5. The number of ether oxygens (including phenoxy) is 3. The van der Waals surface area contributed by atoms with Gasteiger partial charge < -0.3 is 40.0 Å². The highest BCUT2D eigenvalue weighted by molar-refractivity contribution is 6.32. The van der Waals surface area contributed by atoms with Crippen LogP contribution in [0.25, 0.3) is 16.6 Å². The lowest BCUT2D eigenvalue weighted by Gasteiger charge is -2.32. The lowest BCUT2D eigenvalue weighted by molar-refractivity contribution is -0.136. The van der Waals surface area contributed by atoms with Gasteiger partial charge in [-0.2, -0.15) is 0 Å². The van der Waals surface area contributed by atoms with E-state index in [9.17, 15) is 14.4 Å². The number of allylic oxidation sites excluding steroid dienone is 4. The van der Waals surface area contributed by atoms with Gasteiger partial charge in [0.2, 0.25) is 11.8 Å². The summed E-state index contributed by atoms with van der Waals surface area (Å²) in [5, 5.41) is 2.73. The molecule has 14 nitrogen and oxygen atoms in total. The van der Waals surface area contributed by atoms with Crippen LogP contribution in [0.15, 0.2) is 57.6 Å². The molecule has 59 heavy (non-hydrogen) atoms. The van der Waals surface area contributed by atoms with Crippen LogP contribution < -0.4 is 11.1 Å². The van der Waals surface area contributed by atoms with Gasteiger partial charge in [0.15, 0.2) is 6.17 Å². The minimum Gasteiger partial charge on any atom is -0.453 e. The first-order chi connectivity index (χ1) is 28.5. The first-order valence-electron chi connectivity index (χ1n) is 21.5. The summed E-state index contributed by atoms with van der Waals surface area (Å²) in [5.74, 6) is 0.818. The van der Waals surface area contributed by atoms with Gasteiger partial charge in [0.05, 0.1) is 61.3 Å². The van der Waals surface area contributed by atoms with Crippen molar-refractivity contribution < 1.29 is 28.6 Å². The lowest BCUT2D eigenvalue weighted by atomic mass is 9.79. The van der Waals surface area contributed by atoms with E-state index in [4.69, 9.17) is 34.9 Å². The van der Waals surface area contributed by atoms with E-state index in [-0.39, 0.29) is 53.9 Å². The molecule has 7 rings (SSSR count). The number of nitrogens with two attached hydrogens (primary N) is 1. The van der Waals surface area contributed by atoms with Gasteiger partial charge in [-0.3, -0.25) is 19.6 Å². The van der Waals surface area contributed by atoms with Gasteiger partial charge in [0.1, 0.15) is 11.9 Å². The fourth-order valence-corrected chi connectivity index (χ4v) is 9.21. The number of alkyl carbamates (subject to hydrolysis) is 1. The number of rotatable bonds is 14. The van der Waals surface area contributed by atoms with Crippen LogP contribution in [0.2, 0.25) is 0 Å². The Hall–Kier alpha value is -4.66. The third-order valence-electron chi connectivity index (χ3n) is 12.7. The molecule has 1 aromatic heterocycles. The van der Waals surface area contributed by atoms with Crippen LogP contribution in [0.3, 0.4) is 0 Å². The van der Waals surface area contributed by atoms with Crippen molar-refractivity contribution in [3.8, 4) is 0 Å². The van der Waals surface area contributed by atoms with E-state index in [2.05, 4.69) is 46.7 Å². The van der Waals surface area contributed by atoms with Gasteiger partial charge in [-0.15, -0.1) is 0 Å². The third kappa shape index (κ3) is 9.24. The topological polar surface area (TPSA) is 177 Å². The molecule has 3 aliphatic heterocycles. The Morgan fingerprint density at radius 2 is 1.73 bits per heavy atom. The van der Waals surface area contributed by atoms with Crippen molar-refractivity contribution in [2.24, 2.45) is 33.5 Å². The van der Waals surface area contributed by atoms with E-state index in [0.717, 1.165) is 79.5 Å². The van der Waals surface area contributed by atoms with Crippen LogP contribution in [0.1, 0.15) is 96.5 Å². The first kappa shape index (κ1) is 42.5. The average Bonchev–Trinajstić information content (AvgIpc) is 4.08. The van der Waals surface area contributed by atoms with Gasteiger partial charge in [0, 0.05) is 32.3 Å². The van der Waals surface area contributed by atoms with Crippen molar-refractivity contribution in [2.75, 3.05) is 40.5 Å². The molecule has 2 fully saturated rings. The first-order valence-corrected chi connectivity index (χ1v) is 21.5. The van der Waals surface area contributed by atoms with Crippen LogP contribution >= 0.6 is 0 Å². The second-order valence-corrected chi connectivity index (χ2v) is 17.2. The highest BCUT2D eigenvalue weighted by Crippen LogP contribution is 2.39. The van der Waals surface area contributed by atoms with Gasteiger partial charge in [0.25, 0.3) is 0 Å². The Morgan fingerprint density at radius 3 is 2.46 bits per heavy atom. The quantitative estimate of drug-likeness (QED) is 0.198. The summed E-state index contributed by atoms with van der Waals surface area (Å²) < 4.78 is 16.6. The molecule has 0 saturated carbocycles. The number of nitrogens with one attached hydrogen (secondary N) is 2. The normalized spacial score (nSPS) is 25.6. The van der Waals surface area contributed by atoms with Gasteiger partial charge in [-0.25, -0.2) is 9.78 Å². The number of imidazole rings is 1. The number of aromatic amines is 1. The van der Waals surface area contributed by atoms with E-state index in [1.165, 1.54) is 23.8 Å². The number of aliphatic imine (C=N–C) groups is 2. The molecular formula is C45H62N8O6. The molecule has 14 heteroatoms. The zero-order valence-corrected chi connectivity index (χ0v) is 35.5. The molecule has 4 heterocycles. The molecule has 0 bridgehead atoms. The van der Waals surface area contributed by atoms with Gasteiger partial charge in [-0.1, -0.05) is 52.0 Å². The molecule has 7 atom stereocenters. The standard InChI is InChI=1S/C45H62N8O6/c1-26(2)39(46)43(54)52-19-8-10-37(52)42-48-33-18-16-30(23-34(33)49-42)28-11-13-29(14-12-28)32-17-15-31(24-38(32)59-22-21-57-5)35-25-47-41(50-35)36-9-7-20-53(36)44(55)40(27(3)4)51-45(56)58-6/h11,13,16-18,23,25-27,31,36-41H,7-10,12,14-15,19-22,24,46H2,1-6H3,(H,48,49)(H,51,56). The molecule has 318 valence electrons. The summed E-state index contributed by atoms with van der Waals surface area (Å²) in [6.07, 6.45) is 14.5. The Morgan fingerprint density at radius 1 is 0.966 bits per heavy atom.